The van der Waals surface area contributed by atoms with Crippen LogP contribution in [0.3, 0.4) is 0 Å². The Morgan fingerprint density at radius 3 is 2.26 bits per heavy atom. The number of hydrogen-bond donors (Lipinski definition) is 1. The monoisotopic (exact) mass is 458 g/mol. The van der Waals surface area contributed by atoms with E-state index in [2.05, 4.69) is 4.98 Å². The van der Waals surface area contributed by atoms with E-state index in [0.29, 0.717) is 17.7 Å². The Balaban J connectivity index is 1.90. The molecule has 0 saturated carbocycles. The van der Waals surface area contributed by atoms with E-state index in [1.165, 1.54) is 6.20 Å². The summed E-state index contributed by atoms with van der Waals surface area (Å²) in [6.07, 6.45) is 2.02. The summed E-state index contributed by atoms with van der Waals surface area (Å²) in [6, 6.07) is 22.3. The first kappa shape index (κ1) is 22.5. The second-order valence-electron chi connectivity index (χ2n) is 7.31. The zero-order chi connectivity index (χ0) is 23.9. The van der Waals surface area contributed by atoms with Crippen LogP contribution in [0.2, 0.25) is 0 Å². The van der Waals surface area contributed by atoms with Gasteiger partial charge in [-0.15, -0.1) is 4.74 Å². The van der Waals surface area contributed by atoms with E-state index in [-0.39, 0.29) is 12.4 Å². The minimum absolute atomic E-state index is 0.0251. The third-order valence-corrected chi connectivity index (χ3v) is 4.95. The van der Waals surface area contributed by atoms with Crippen LogP contribution >= 0.6 is 0 Å². The predicted molar refractivity (Wildman–Crippen MR) is 123 cm³/mol. The molecule has 0 aliphatic rings. The Kier molecular flexibility index (Phi) is 6.83. The molecule has 0 unspecified atom stereocenters. The number of rotatable bonds is 6. The molecule has 0 fully saturated rings. The molecule has 0 atom stereocenters. The minimum atomic E-state index is -0.843. The van der Waals surface area contributed by atoms with Gasteiger partial charge in [-0.3, -0.25) is 5.41 Å². The van der Waals surface area contributed by atoms with Crippen LogP contribution in [0.1, 0.15) is 16.7 Å². The number of pyridine rings is 1. The van der Waals surface area contributed by atoms with Gasteiger partial charge >= 0.3 is 11.3 Å². The van der Waals surface area contributed by atoms with Crippen LogP contribution in [0, 0.1) is 5.41 Å². The average molecular weight is 458 g/mol. The summed E-state index contributed by atoms with van der Waals surface area (Å²) in [5.74, 6) is 0.897. The number of nitrogens with zero attached hydrogens (tertiary/aromatic N) is 3. The molecule has 0 bridgehead atoms. The highest BCUT2D eigenvalue weighted by Gasteiger charge is 2.12. The Morgan fingerprint density at radius 1 is 0.853 bits per heavy atom. The zero-order valence-electron chi connectivity index (χ0n) is 18.4. The van der Waals surface area contributed by atoms with Crippen LogP contribution in [0.15, 0.2) is 104 Å². The van der Waals surface area contributed by atoms with Crippen molar-refractivity contribution in [3.8, 4) is 11.6 Å². The van der Waals surface area contributed by atoms with Crippen molar-refractivity contribution in [1.29, 1.82) is 5.41 Å². The van der Waals surface area contributed by atoms with Crippen molar-refractivity contribution in [1.82, 2.24) is 14.5 Å². The largest absolute Gasteiger partial charge is 0.497 e. The third kappa shape index (κ3) is 5.39. The van der Waals surface area contributed by atoms with Gasteiger partial charge in [-0.25, -0.2) is 14.6 Å². The van der Waals surface area contributed by atoms with E-state index in [0.717, 1.165) is 32.7 Å². The normalized spacial score (nSPS) is 10.5. The first-order chi connectivity index (χ1) is 16.5. The highest BCUT2D eigenvalue weighted by molar-refractivity contribution is 5.36. The lowest BCUT2D eigenvalue weighted by Crippen LogP contribution is -2.31. The maximum absolute atomic E-state index is 12.4. The number of methoxy groups -OCH3 is 1. The third-order valence-electron chi connectivity index (χ3n) is 4.95. The molecule has 2 heterocycles. The van der Waals surface area contributed by atoms with Crippen molar-refractivity contribution in [3.05, 3.63) is 128 Å². The molecular weight excluding hydrogens is 436 g/mol. The van der Waals surface area contributed by atoms with Crippen LogP contribution in [0.4, 0.5) is 0 Å². The van der Waals surface area contributed by atoms with Crippen molar-refractivity contribution in [2.75, 3.05) is 7.11 Å². The fourth-order valence-electron chi connectivity index (χ4n) is 3.30. The van der Waals surface area contributed by atoms with Crippen molar-refractivity contribution in [3.63, 3.8) is 0 Å². The second-order valence-corrected chi connectivity index (χ2v) is 7.31. The standard InChI is InChI=1S/C25H22N4O5/c1-32-21-11-9-19(10-12-21)17-28-25(26)29(34-23(31)14-13-22(30)33-28)24-20(8-5-15-27-24)16-18-6-3-2-4-7-18/h2-15,26H,16-17H2,1H3. The summed E-state index contributed by atoms with van der Waals surface area (Å²) in [6.45, 7) is 0.0251. The van der Waals surface area contributed by atoms with Gasteiger partial charge in [0.15, 0.2) is 5.82 Å². The van der Waals surface area contributed by atoms with E-state index in [9.17, 15) is 9.59 Å². The summed E-state index contributed by atoms with van der Waals surface area (Å²) in [5.41, 5.74) is 0.407. The number of nitrogens with one attached hydrogen (secondary N) is 1. The number of aromatic nitrogens is 3. The molecule has 4 rings (SSSR count). The predicted octanol–water partition coefficient (Wildman–Crippen LogP) is 2.83. The first-order valence-electron chi connectivity index (χ1n) is 10.4. The van der Waals surface area contributed by atoms with E-state index >= 15 is 0 Å². The van der Waals surface area contributed by atoms with Crippen molar-refractivity contribution in [2.45, 2.75) is 13.0 Å². The minimum Gasteiger partial charge on any atom is -0.497 e. The van der Waals surface area contributed by atoms with Crippen molar-refractivity contribution >= 4 is 0 Å². The Morgan fingerprint density at radius 2 is 1.56 bits per heavy atom. The number of benzene rings is 2. The fourth-order valence-corrected chi connectivity index (χ4v) is 3.30. The van der Waals surface area contributed by atoms with E-state index in [1.807, 2.05) is 36.4 Å². The average Bonchev–Trinajstić information content (AvgIpc) is 2.91. The van der Waals surface area contributed by atoms with E-state index in [1.54, 1.807) is 37.4 Å². The molecule has 2 aromatic heterocycles. The van der Waals surface area contributed by atoms with Crippen LogP contribution in [-0.2, 0) is 13.0 Å². The molecule has 0 spiro atoms. The van der Waals surface area contributed by atoms with E-state index < -0.39 is 16.9 Å². The molecule has 34 heavy (non-hydrogen) atoms. The summed E-state index contributed by atoms with van der Waals surface area (Å²) >= 11 is 0. The molecule has 2 aromatic carbocycles. The Labute approximate surface area is 193 Å². The smallest absolute Gasteiger partial charge is 0.356 e. The highest BCUT2D eigenvalue weighted by atomic mass is 16.5. The molecule has 0 radical (unpaired) electrons. The van der Waals surface area contributed by atoms with Gasteiger partial charge in [0.05, 0.1) is 13.7 Å². The quantitative estimate of drug-likeness (QED) is 0.475. The van der Waals surface area contributed by atoms with Gasteiger partial charge in [0, 0.05) is 30.3 Å². The zero-order valence-corrected chi connectivity index (χ0v) is 18.4. The van der Waals surface area contributed by atoms with Crippen LogP contribution in [0.5, 0.6) is 5.75 Å². The first-order valence-corrected chi connectivity index (χ1v) is 10.4. The lowest BCUT2D eigenvalue weighted by molar-refractivity contribution is 0.196. The lowest BCUT2D eigenvalue weighted by Gasteiger charge is -2.10. The van der Waals surface area contributed by atoms with Crippen molar-refractivity contribution in [2.24, 2.45) is 0 Å². The molecular formula is C25H22N4O5. The maximum atomic E-state index is 12.4. The Bertz CT molecular complexity index is 1500. The summed E-state index contributed by atoms with van der Waals surface area (Å²) in [4.78, 5) is 28.9. The van der Waals surface area contributed by atoms with Crippen LogP contribution < -0.4 is 21.6 Å². The topological polar surface area (TPSA) is 116 Å². The molecule has 9 nitrogen and oxygen atoms in total. The van der Waals surface area contributed by atoms with Gasteiger partial charge in [0.1, 0.15) is 5.75 Å². The van der Waals surface area contributed by atoms with Gasteiger partial charge in [0.25, 0.3) is 5.62 Å². The number of ether oxygens (including phenoxy) is 1. The van der Waals surface area contributed by atoms with Crippen LogP contribution in [0.25, 0.3) is 5.82 Å². The fraction of sp³-hybridized carbons (Fsp3) is 0.120. The van der Waals surface area contributed by atoms with Crippen molar-refractivity contribution < 1.29 is 13.8 Å². The molecule has 172 valence electrons. The van der Waals surface area contributed by atoms with Gasteiger partial charge in [-0.1, -0.05) is 48.5 Å². The van der Waals surface area contributed by atoms with E-state index in [4.69, 9.17) is 19.2 Å². The number of hydrogen-bond acceptors (Lipinski definition) is 7. The molecule has 9 heteroatoms. The molecule has 4 aromatic rings. The SMILES string of the molecule is COc1ccc(Cn2oc(=O)ccc(=O)on(-c3ncccc3Cc3ccccc3)c2=N)cc1. The van der Waals surface area contributed by atoms with Gasteiger partial charge < -0.3 is 13.8 Å². The van der Waals surface area contributed by atoms with Gasteiger partial charge in [-0.05, 0) is 29.3 Å². The maximum Gasteiger partial charge on any atom is 0.356 e. The summed E-state index contributed by atoms with van der Waals surface area (Å²) in [5, 5.41) is 8.76. The molecule has 0 aliphatic carbocycles. The van der Waals surface area contributed by atoms with Gasteiger partial charge in [-0.2, -0.15) is 4.74 Å². The summed E-state index contributed by atoms with van der Waals surface area (Å²) < 4.78 is 18.0. The van der Waals surface area contributed by atoms with Crippen LogP contribution in [-0.4, -0.2) is 21.6 Å². The lowest BCUT2D eigenvalue weighted by atomic mass is 10.1. The highest BCUT2D eigenvalue weighted by Crippen LogP contribution is 2.15. The molecule has 0 saturated heterocycles. The van der Waals surface area contributed by atoms with Gasteiger partial charge in [0.2, 0.25) is 0 Å². The molecule has 0 amide bonds. The molecule has 1 N–H and O–H groups in total. The summed E-state index contributed by atoms with van der Waals surface area (Å²) in [7, 11) is 1.56. The second kappa shape index (κ2) is 10.3. The Hall–Kier alpha value is -4.66. The molecule has 0 aliphatic heterocycles.